The first-order valence-electron chi connectivity index (χ1n) is 8.11. The third kappa shape index (κ3) is 4.92. The molecule has 1 fully saturated rings. The van der Waals surface area contributed by atoms with Crippen molar-refractivity contribution in [2.75, 3.05) is 0 Å². The summed E-state index contributed by atoms with van der Waals surface area (Å²) < 4.78 is 10.3. The molecule has 0 spiro atoms. The largest absolute Gasteiger partial charge is 0.430 e. The number of carbonyl (C=O) groups excluding carboxylic acids is 2. The highest BCUT2D eigenvalue weighted by Crippen LogP contribution is 2.44. The molecule has 136 valence electrons. The Morgan fingerprint density at radius 3 is 1.42 bits per heavy atom. The van der Waals surface area contributed by atoms with Crippen molar-refractivity contribution in [2.45, 2.75) is 65.0 Å². The lowest BCUT2D eigenvalue weighted by Gasteiger charge is -2.45. The Balaban J connectivity index is 3.02. The molecule has 4 atom stereocenters. The van der Waals surface area contributed by atoms with E-state index in [1.807, 2.05) is 0 Å². The summed E-state index contributed by atoms with van der Waals surface area (Å²) >= 11 is 0. The van der Waals surface area contributed by atoms with E-state index in [0.29, 0.717) is 12.8 Å². The molecule has 6 nitrogen and oxygen atoms in total. The van der Waals surface area contributed by atoms with Crippen LogP contribution in [0.5, 0.6) is 0 Å². The fourth-order valence-corrected chi connectivity index (χ4v) is 3.11. The van der Waals surface area contributed by atoms with Gasteiger partial charge in [0.1, 0.15) is 0 Å². The van der Waals surface area contributed by atoms with Crippen LogP contribution >= 0.6 is 0 Å². The van der Waals surface area contributed by atoms with Crippen molar-refractivity contribution in [3.63, 3.8) is 0 Å². The summed E-state index contributed by atoms with van der Waals surface area (Å²) in [7, 11) is 0. The molecule has 0 saturated heterocycles. The van der Waals surface area contributed by atoms with Gasteiger partial charge in [-0.15, -0.1) is 0 Å². The van der Waals surface area contributed by atoms with Crippen LogP contribution < -0.4 is 0 Å². The minimum absolute atomic E-state index is 0.170. The quantitative estimate of drug-likeness (QED) is 0.438. The first-order chi connectivity index (χ1) is 10.9. The van der Waals surface area contributed by atoms with Crippen LogP contribution in [0.3, 0.4) is 0 Å². The van der Waals surface area contributed by atoms with E-state index in [-0.39, 0.29) is 11.1 Å². The van der Waals surface area contributed by atoms with Gasteiger partial charge in [0.15, 0.2) is 0 Å². The summed E-state index contributed by atoms with van der Waals surface area (Å²) in [5.41, 5.74) is 0.339. The van der Waals surface area contributed by atoms with Gasteiger partial charge in [0.2, 0.25) is 11.6 Å². The number of aliphatic hydroxyl groups is 2. The SMILES string of the molecule is C=C(C)C(=O)OC(C)(O)C1CCCCC1C(C)(O)OC(=O)C(=C)C. The van der Waals surface area contributed by atoms with Gasteiger partial charge in [-0.1, -0.05) is 26.0 Å². The van der Waals surface area contributed by atoms with Crippen molar-refractivity contribution < 1.29 is 29.3 Å². The van der Waals surface area contributed by atoms with Gasteiger partial charge in [0, 0.05) is 36.8 Å². The molecule has 0 amide bonds. The zero-order valence-electron chi connectivity index (χ0n) is 14.9. The zero-order chi connectivity index (χ0) is 18.7. The molecule has 4 unspecified atom stereocenters. The lowest BCUT2D eigenvalue weighted by atomic mass is 9.71. The molecule has 1 aliphatic rings. The molecule has 2 N–H and O–H groups in total. The van der Waals surface area contributed by atoms with E-state index in [4.69, 9.17) is 9.47 Å². The van der Waals surface area contributed by atoms with Crippen molar-refractivity contribution in [3.8, 4) is 0 Å². The third-order valence-electron chi connectivity index (χ3n) is 4.44. The highest BCUT2D eigenvalue weighted by Gasteiger charge is 2.50. The molecular weight excluding hydrogens is 312 g/mol. The maximum Gasteiger partial charge on any atom is 0.335 e. The van der Waals surface area contributed by atoms with E-state index < -0.39 is 35.3 Å². The molecule has 0 heterocycles. The fourth-order valence-electron chi connectivity index (χ4n) is 3.11. The smallest absolute Gasteiger partial charge is 0.335 e. The second kappa shape index (κ2) is 7.49. The van der Waals surface area contributed by atoms with Gasteiger partial charge < -0.3 is 19.7 Å². The maximum atomic E-state index is 11.8. The average Bonchev–Trinajstić information content (AvgIpc) is 2.46. The second-order valence-electron chi connectivity index (χ2n) is 6.95. The number of hydrogen-bond acceptors (Lipinski definition) is 6. The highest BCUT2D eigenvalue weighted by atomic mass is 16.7. The lowest BCUT2D eigenvalue weighted by Crippen LogP contribution is -2.53. The van der Waals surface area contributed by atoms with Crippen LogP contribution in [0.25, 0.3) is 0 Å². The van der Waals surface area contributed by atoms with Crippen LogP contribution in [0.4, 0.5) is 0 Å². The Labute approximate surface area is 143 Å². The second-order valence-corrected chi connectivity index (χ2v) is 6.95. The Hall–Kier alpha value is -1.66. The molecule has 0 bridgehead atoms. The molecule has 0 aliphatic heterocycles. The lowest BCUT2D eigenvalue weighted by molar-refractivity contribution is -0.278. The molecule has 6 heteroatoms. The van der Waals surface area contributed by atoms with E-state index >= 15 is 0 Å². The average molecular weight is 340 g/mol. The first-order valence-corrected chi connectivity index (χ1v) is 8.11. The first kappa shape index (κ1) is 20.4. The van der Waals surface area contributed by atoms with E-state index in [2.05, 4.69) is 13.2 Å². The van der Waals surface area contributed by atoms with Crippen LogP contribution in [-0.2, 0) is 19.1 Å². The standard InChI is InChI=1S/C18H28O6/c1-11(2)15(19)23-17(5,21)13-9-7-8-10-14(13)18(6,22)24-16(20)12(3)4/h13-14,21-22H,1,3,7-10H2,2,4-6H3. The Morgan fingerprint density at radius 2 is 1.17 bits per heavy atom. The molecule has 1 aliphatic carbocycles. The minimum Gasteiger partial charge on any atom is -0.430 e. The number of rotatable bonds is 6. The van der Waals surface area contributed by atoms with Crippen LogP contribution in [0.15, 0.2) is 24.3 Å². The van der Waals surface area contributed by atoms with Crippen molar-refractivity contribution in [1.82, 2.24) is 0 Å². The number of hydrogen-bond donors (Lipinski definition) is 2. The van der Waals surface area contributed by atoms with Crippen LogP contribution in [0, 0.1) is 11.8 Å². The topological polar surface area (TPSA) is 93.1 Å². The van der Waals surface area contributed by atoms with Crippen molar-refractivity contribution in [2.24, 2.45) is 11.8 Å². The Morgan fingerprint density at radius 1 is 0.875 bits per heavy atom. The van der Waals surface area contributed by atoms with Gasteiger partial charge in [-0.3, -0.25) is 0 Å². The van der Waals surface area contributed by atoms with E-state index in [1.54, 1.807) is 0 Å². The molecule has 0 aromatic rings. The summed E-state index contributed by atoms with van der Waals surface area (Å²) in [6.45, 7) is 12.7. The predicted molar refractivity (Wildman–Crippen MR) is 88.5 cm³/mol. The molecule has 0 aromatic carbocycles. The van der Waals surface area contributed by atoms with Gasteiger partial charge in [0.25, 0.3) is 0 Å². The number of carbonyl (C=O) groups is 2. The normalized spacial score (nSPS) is 25.8. The summed E-state index contributed by atoms with van der Waals surface area (Å²) in [4.78, 5) is 23.6. The highest BCUT2D eigenvalue weighted by molar-refractivity contribution is 5.87. The van der Waals surface area contributed by atoms with Crippen molar-refractivity contribution in [3.05, 3.63) is 24.3 Å². The van der Waals surface area contributed by atoms with Gasteiger partial charge in [0.05, 0.1) is 0 Å². The molecule has 1 rings (SSSR count). The van der Waals surface area contributed by atoms with Crippen LogP contribution in [0.1, 0.15) is 53.4 Å². The summed E-state index contributed by atoms with van der Waals surface area (Å²) in [5.74, 6) is -6.18. The number of ether oxygens (including phenoxy) is 2. The van der Waals surface area contributed by atoms with Gasteiger partial charge in [-0.25, -0.2) is 9.59 Å². The van der Waals surface area contributed by atoms with Crippen LogP contribution in [0.2, 0.25) is 0 Å². The molecule has 1 saturated carbocycles. The Bertz CT molecular complexity index is 484. The van der Waals surface area contributed by atoms with Gasteiger partial charge in [-0.2, -0.15) is 0 Å². The molecule has 0 aromatic heterocycles. The van der Waals surface area contributed by atoms with E-state index in [0.717, 1.165) is 12.8 Å². The molecule has 0 radical (unpaired) electrons. The fraction of sp³-hybridized carbons (Fsp3) is 0.667. The van der Waals surface area contributed by atoms with E-state index in [9.17, 15) is 19.8 Å². The van der Waals surface area contributed by atoms with Crippen molar-refractivity contribution in [1.29, 1.82) is 0 Å². The van der Waals surface area contributed by atoms with Crippen LogP contribution in [-0.4, -0.2) is 33.7 Å². The van der Waals surface area contributed by atoms with Crippen molar-refractivity contribution >= 4 is 11.9 Å². The molecule has 24 heavy (non-hydrogen) atoms. The Kier molecular flexibility index (Phi) is 6.36. The zero-order valence-corrected chi connectivity index (χ0v) is 14.9. The summed E-state index contributed by atoms with van der Waals surface area (Å²) in [6.07, 6.45) is 2.68. The maximum absolute atomic E-state index is 11.8. The predicted octanol–water partition coefficient (Wildman–Crippen LogP) is 2.45. The summed E-state index contributed by atoms with van der Waals surface area (Å²) in [6, 6.07) is 0. The third-order valence-corrected chi connectivity index (χ3v) is 4.44. The summed E-state index contributed by atoms with van der Waals surface area (Å²) in [5, 5.41) is 21.4. The van der Waals surface area contributed by atoms with Gasteiger partial charge >= 0.3 is 11.9 Å². The number of esters is 2. The monoisotopic (exact) mass is 340 g/mol. The van der Waals surface area contributed by atoms with Gasteiger partial charge in [-0.05, 0) is 26.7 Å². The van der Waals surface area contributed by atoms with E-state index in [1.165, 1.54) is 27.7 Å². The minimum atomic E-state index is -1.80. The molecular formula is C18H28O6.